The average Bonchev–Trinajstić information content (AvgIpc) is 3.38. The predicted molar refractivity (Wildman–Crippen MR) is 82.2 cm³/mol. The highest BCUT2D eigenvalue weighted by atomic mass is 16.5. The largest absolute Gasteiger partial charge is 0.496 e. The summed E-state index contributed by atoms with van der Waals surface area (Å²) >= 11 is 0. The number of rotatable bonds is 5. The number of carbonyl (C=O) groups is 1. The molecule has 1 atom stereocenters. The van der Waals surface area contributed by atoms with Crippen LogP contribution in [0.2, 0.25) is 0 Å². The van der Waals surface area contributed by atoms with Gasteiger partial charge in [-0.2, -0.15) is 0 Å². The number of para-hydroxylation sites is 1. The molecule has 1 N–H and O–H groups in total. The molecule has 3 rings (SSSR count). The highest BCUT2D eigenvalue weighted by Crippen LogP contribution is 2.31. The van der Waals surface area contributed by atoms with Gasteiger partial charge in [-0.15, -0.1) is 0 Å². The molecular weight excluding hydrogens is 264 g/mol. The van der Waals surface area contributed by atoms with Crippen LogP contribution in [-0.2, 0) is 11.3 Å². The van der Waals surface area contributed by atoms with Gasteiger partial charge in [0.15, 0.2) is 0 Å². The Morgan fingerprint density at radius 1 is 1.29 bits per heavy atom. The van der Waals surface area contributed by atoms with Crippen LogP contribution in [-0.4, -0.2) is 36.5 Å². The van der Waals surface area contributed by atoms with Crippen molar-refractivity contribution < 1.29 is 9.53 Å². The summed E-state index contributed by atoms with van der Waals surface area (Å²) in [6, 6.07) is 8.42. The SMILES string of the molecule is COc1ccccc1CN(C(=O)[C@@H]1CCCCN1)C1CC1. The minimum atomic E-state index is 0.00839. The van der Waals surface area contributed by atoms with Crippen molar-refractivity contribution >= 4 is 5.91 Å². The van der Waals surface area contributed by atoms with Crippen molar-refractivity contribution in [3.8, 4) is 5.75 Å². The molecule has 1 aliphatic carbocycles. The normalized spacial score (nSPS) is 21.9. The molecule has 1 aliphatic heterocycles. The fourth-order valence-electron chi connectivity index (χ4n) is 3.05. The Labute approximate surface area is 126 Å². The average molecular weight is 288 g/mol. The van der Waals surface area contributed by atoms with Crippen LogP contribution < -0.4 is 10.1 Å². The number of nitrogens with zero attached hydrogens (tertiary/aromatic N) is 1. The van der Waals surface area contributed by atoms with Crippen molar-refractivity contribution in [2.24, 2.45) is 0 Å². The van der Waals surface area contributed by atoms with Crippen molar-refractivity contribution in [2.75, 3.05) is 13.7 Å². The van der Waals surface area contributed by atoms with Crippen LogP contribution >= 0.6 is 0 Å². The monoisotopic (exact) mass is 288 g/mol. The number of carbonyl (C=O) groups excluding carboxylic acids is 1. The quantitative estimate of drug-likeness (QED) is 0.904. The van der Waals surface area contributed by atoms with E-state index in [4.69, 9.17) is 4.74 Å². The Morgan fingerprint density at radius 3 is 2.76 bits per heavy atom. The van der Waals surface area contributed by atoms with E-state index in [-0.39, 0.29) is 11.9 Å². The summed E-state index contributed by atoms with van der Waals surface area (Å²) < 4.78 is 5.42. The molecule has 0 unspecified atom stereocenters. The van der Waals surface area contributed by atoms with Crippen molar-refractivity contribution in [1.82, 2.24) is 10.2 Å². The molecule has 4 nitrogen and oxygen atoms in total. The number of methoxy groups -OCH3 is 1. The topological polar surface area (TPSA) is 41.6 Å². The van der Waals surface area contributed by atoms with E-state index in [9.17, 15) is 4.79 Å². The molecule has 1 amide bonds. The second-order valence-electron chi connectivity index (χ2n) is 6.01. The van der Waals surface area contributed by atoms with Crippen molar-refractivity contribution in [3.05, 3.63) is 29.8 Å². The van der Waals surface area contributed by atoms with Gasteiger partial charge in [0, 0.05) is 18.2 Å². The van der Waals surface area contributed by atoms with Gasteiger partial charge in [0.25, 0.3) is 0 Å². The first-order valence-corrected chi connectivity index (χ1v) is 7.95. The Kier molecular flexibility index (Phi) is 4.44. The van der Waals surface area contributed by atoms with Crippen LogP contribution in [0.3, 0.4) is 0 Å². The third kappa shape index (κ3) is 3.38. The van der Waals surface area contributed by atoms with Crippen molar-refractivity contribution in [2.45, 2.75) is 50.7 Å². The van der Waals surface area contributed by atoms with Crippen LogP contribution in [0.4, 0.5) is 0 Å². The summed E-state index contributed by atoms with van der Waals surface area (Å²) in [5.41, 5.74) is 1.09. The number of piperidine rings is 1. The maximum Gasteiger partial charge on any atom is 0.240 e. The number of hydrogen-bond donors (Lipinski definition) is 1. The number of ether oxygens (including phenoxy) is 1. The van der Waals surface area contributed by atoms with E-state index in [0.717, 1.165) is 43.5 Å². The number of hydrogen-bond acceptors (Lipinski definition) is 3. The third-order valence-corrected chi connectivity index (χ3v) is 4.41. The maximum absolute atomic E-state index is 12.8. The minimum Gasteiger partial charge on any atom is -0.496 e. The van der Waals surface area contributed by atoms with Gasteiger partial charge in [-0.05, 0) is 38.3 Å². The van der Waals surface area contributed by atoms with Gasteiger partial charge in [0.2, 0.25) is 5.91 Å². The summed E-state index contributed by atoms with van der Waals surface area (Å²) in [6.07, 6.45) is 5.56. The summed E-state index contributed by atoms with van der Waals surface area (Å²) in [5, 5.41) is 3.37. The number of amides is 1. The van der Waals surface area contributed by atoms with Gasteiger partial charge in [-0.1, -0.05) is 24.6 Å². The molecule has 2 fully saturated rings. The highest BCUT2D eigenvalue weighted by Gasteiger charge is 2.36. The van der Waals surface area contributed by atoms with E-state index in [1.807, 2.05) is 18.2 Å². The van der Waals surface area contributed by atoms with Gasteiger partial charge in [0.05, 0.1) is 13.2 Å². The van der Waals surface area contributed by atoms with Crippen LogP contribution in [0, 0.1) is 0 Å². The molecule has 1 saturated carbocycles. The van der Waals surface area contributed by atoms with E-state index in [2.05, 4.69) is 16.3 Å². The number of nitrogens with one attached hydrogen (secondary N) is 1. The zero-order valence-corrected chi connectivity index (χ0v) is 12.7. The van der Waals surface area contributed by atoms with Crippen LogP contribution in [0.25, 0.3) is 0 Å². The fourth-order valence-corrected chi connectivity index (χ4v) is 3.05. The molecule has 1 aromatic carbocycles. The molecule has 0 radical (unpaired) electrons. The Bertz CT molecular complexity index is 493. The van der Waals surface area contributed by atoms with Crippen LogP contribution in [0.5, 0.6) is 5.75 Å². The second-order valence-corrected chi connectivity index (χ2v) is 6.01. The van der Waals surface area contributed by atoms with Crippen molar-refractivity contribution in [3.63, 3.8) is 0 Å². The first kappa shape index (κ1) is 14.4. The van der Waals surface area contributed by atoms with E-state index in [1.54, 1.807) is 7.11 Å². The molecule has 4 heteroatoms. The molecule has 1 heterocycles. The van der Waals surface area contributed by atoms with Crippen LogP contribution in [0.15, 0.2) is 24.3 Å². The highest BCUT2D eigenvalue weighted by molar-refractivity contribution is 5.82. The van der Waals surface area contributed by atoms with Gasteiger partial charge in [-0.25, -0.2) is 0 Å². The van der Waals surface area contributed by atoms with Gasteiger partial charge >= 0.3 is 0 Å². The third-order valence-electron chi connectivity index (χ3n) is 4.41. The van der Waals surface area contributed by atoms with Crippen molar-refractivity contribution in [1.29, 1.82) is 0 Å². The van der Waals surface area contributed by atoms with E-state index >= 15 is 0 Å². The molecule has 0 aromatic heterocycles. The second kappa shape index (κ2) is 6.48. The van der Waals surface area contributed by atoms with Gasteiger partial charge in [-0.3, -0.25) is 4.79 Å². The van der Waals surface area contributed by atoms with E-state index < -0.39 is 0 Å². The molecule has 1 aromatic rings. The van der Waals surface area contributed by atoms with Gasteiger partial charge < -0.3 is 15.0 Å². The first-order valence-electron chi connectivity index (χ1n) is 7.95. The zero-order chi connectivity index (χ0) is 14.7. The molecule has 2 aliphatic rings. The Hall–Kier alpha value is -1.55. The first-order chi connectivity index (χ1) is 10.3. The van der Waals surface area contributed by atoms with E-state index in [0.29, 0.717) is 12.6 Å². The summed E-state index contributed by atoms with van der Waals surface area (Å²) in [6.45, 7) is 1.62. The smallest absolute Gasteiger partial charge is 0.240 e. The molecular formula is C17H24N2O2. The standard InChI is InChI=1S/C17H24N2O2/c1-21-16-8-3-2-6-13(16)12-19(14-9-10-14)17(20)15-7-4-5-11-18-15/h2-3,6,8,14-15,18H,4-5,7,9-12H2,1H3/t15-/m0/s1. The summed E-state index contributed by atoms with van der Waals surface area (Å²) in [5.74, 6) is 1.13. The number of benzene rings is 1. The lowest BCUT2D eigenvalue weighted by atomic mass is 10.0. The Balaban J connectivity index is 1.73. The minimum absolute atomic E-state index is 0.00839. The summed E-state index contributed by atoms with van der Waals surface area (Å²) in [4.78, 5) is 14.9. The lowest BCUT2D eigenvalue weighted by Gasteiger charge is -2.30. The van der Waals surface area contributed by atoms with Crippen LogP contribution in [0.1, 0.15) is 37.7 Å². The lowest BCUT2D eigenvalue weighted by molar-refractivity contribution is -0.135. The zero-order valence-electron chi connectivity index (χ0n) is 12.7. The van der Waals surface area contributed by atoms with Gasteiger partial charge in [0.1, 0.15) is 5.75 Å². The molecule has 0 bridgehead atoms. The molecule has 114 valence electrons. The Morgan fingerprint density at radius 2 is 2.10 bits per heavy atom. The molecule has 1 saturated heterocycles. The summed E-state index contributed by atoms with van der Waals surface area (Å²) in [7, 11) is 1.69. The van der Waals surface area contributed by atoms with E-state index in [1.165, 1.54) is 6.42 Å². The fraction of sp³-hybridized carbons (Fsp3) is 0.588. The molecule has 0 spiro atoms. The molecule has 21 heavy (non-hydrogen) atoms. The lowest BCUT2D eigenvalue weighted by Crippen LogP contribution is -2.49. The predicted octanol–water partition coefficient (Wildman–Crippen LogP) is 2.33. The maximum atomic E-state index is 12.8.